The zero-order chi connectivity index (χ0) is 24.6. The van der Waals surface area contributed by atoms with Crippen LogP contribution in [0.3, 0.4) is 0 Å². The summed E-state index contributed by atoms with van der Waals surface area (Å²) in [5.41, 5.74) is 3.44. The van der Waals surface area contributed by atoms with Crippen LogP contribution in [0.25, 0.3) is 0 Å². The van der Waals surface area contributed by atoms with Crippen molar-refractivity contribution in [2.45, 2.75) is 58.8 Å². The van der Waals surface area contributed by atoms with Crippen molar-refractivity contribution in [2.75, 3.05) is 19.7 Å². The van der Waals surface area contributed by atoms with Gasteiger partial charge in [0, 0.05) is 24.2 Å². The summed E-state index contributed by atoms with van der Waals surface area (Å²) < 4.78 is 31.8. The first-order chi connectivity index (χ1) is 15.4. The van der Waals surface area contributed by atoms with Crippen LogP contribution in [0.4, 0.5) is 0 Å². The third kappa shape index (κ3) is 4.55. The fourth-order valence-electron chi connectivity index (χ4n) is 5.00. The second kappa shape index (κ2) is 9.35. The predicted octanol–water partition coefficient (Wildman–Crippen LogP) is 3.85. The van der Waals surface area contributed by atoms with Gasteiger partial charge in [0.2, 0.25) is 10.0 Å². The lowest BCUT2D eigenvalue weighted by Crippen LogP contribution is -2.35. The Morgan fingerprint density at radius 3 is 2.45 bits per heavy atom. The van der Waals surface area contributed by atoms with Crippen LogP contribution in [-0.2, 0) is 19.6 Å². The fourth-order valence-corrected chi connectivity index (χ4v) is 6.68. The number of hydrogen-bond acceptors (Lipinski definition) is 6. The molecule has 2 unspecified atom stereocenters. The molecule has 33 heavy (non-hydrogen) atoms. The van der Waals surface area contributed by atoms with Crippen LogP contribution in [0.15, 0.2) is 28.2 Å². The Balaban J connectivity index is 1.65. The van der Waals surface area contributed by atoms with Gasteiger partial charge in [-0.1, -0.05) is 46.2 Å². The van der Waals surface area contributed by atoms with Gasteiger partial charge in [-0.25, -0.2) is 18.6 Å². The van der Waals surface area contributed by atoms with E-state index >= 15 is 0 Å². The van der Waals surface area contributed by atoms with Crippen LogP contribution in [0, 0.1) is 16.7 Å². The fraction of sp³-hybridized carbons (Fsp3) is 0.609. The highest BCUT2D eigenvalue weighted by molar-refractivity contribution is 7.89. The summed E-state index contributed by atoms with van der Waals surface area (Å²) in [5, 5.41) is 4.38. The highest BCUT2D eigenvalue weighted by atomic mass is 35.5. The van der Waals surface area contributed by atoms with Gasteiger partial charge < -0.3 is 4.74 Å². The topological polar surface area (TPSA) is 105 Å². The molecule has 1 N–H and O–H groups in total. The zero-order valence-electron chi connectivity index (χ0n) is 19.8. The first kappa shape index (κ1) is 25.6. The first-order valence-corrected chi connectivity index (χ1v) is 13.0. The molecule has 0 heterocycles. The van der Waals surface area contributed by atoms with Crippen molar-refractivity contribution in [2.24, 2.45) is 21.8 Å². The van der Waals surface area contributed by atoms with Gasteiger partial charge >= 0.3 is 5.97 Å². The van der Waals surface area contributed by atoms with Gasteiger partial charge in [0.1, 0.15) is 0 Å². The summed E-state index contributed by atoms with van der Waals surface area (Å²) in [7, 11) is -3.77. The summed E-state index contributed by atoms with van der Waals surface area (Å²) in [4.78, 5) is 24.7. The minimum Gasteiger partial charge on any atom is -0.452 e. The van der Waals surface area contributed by atoms with Gasteiger partial charge in [0.05, 0.1) is 15.5 Å². The van der Waals surface area contributed by atoms with E-state index < -0.39 is 28.5 Å². The Hall–Kier alpha value is -1.97. The number of hydrazone groups is 1. The van der Waals surface area contributed by atoms with Gasteiger partial charge in [-0.15, -0.1) is 0 Å². The third-order valence-corrected chi connectivity index (χ3v) is 10.0. The molecule has 8 nitrogen and oxygen atoms in total. The van der Waals surface area contributed by atoms with Gasteiger partial charge in [-0.2, -0.15) is 9.41 Å². The Kier molecular flexibility index (Phi) is 7.27. The number of hydrogen-bond donors (Lipinski definition) is 1. The van der Waals surface area contributed by atoms with E-state index in [1.54, 1.807) is 13.8 Å². The molecular weight excluding hydrogens is 466 g/mol. The molecule has 1 aromatic rings. The molecule has 1 aromatic carbocycles. The van der Waals surface area contributed by atoms with Crippen molar-refractivity contribution >= 4 is 39.2 Å². The van der Waals surface area contributed by atoms with Crippen molar-refractivity contribution in [1.82, 2.24) is 9.73 Å². The summed E-state index contributed by atoms with van der Waals surface area (Å²) in [6.45, 7) is 10.2. The van der Waals surface area contributed by atoms with Crippen LogP contribution < -0.4 is 5.43 Å². The van der Waals surface area contributed by atoms with Crippen LogP contribution >= 0.6 is 11.6 Å². The van der Waals surface area contributed by atoms with E-state index in [0.29, 0.717) is 19.0 Å². The second-order valence-electron chi connectivity index (χ2n) is 9.39. The molecule has 2 aliphatic rings. The Bertz CT molecular complexity index is 1080. The summed E-state index contributed by atoms with van der Waals surface area (Å²) in [6.07, 6.45) is 3.06. The molecule has 2 aliphatic carbocycles. The lowest BCUT2D eigenvalue weighted by Gasteiger charge is -2.34. The number of sulfonamides is 1. The number of amides is 1. The van der Waals surface area contributed by atoms with Crippen molar-refractivity contribution in [3.05, 3.63) is 28.8 Å². The van der Waals surface area contributed by atoms with E-state index in [-0.39, 0.29) is 26.3 Å². The molecule has 0 aromatic heterocycles. The number of ether oxygens (including phenoxy) is 1. The Morgan fingerprint density at radius 1 is 1.24 bits per heavy atom. The Morgan fingerprint density at radius 2 is 1.91 bits per heavy atom. The first-order valence-electron chi connectivity index (χ1n) is 11.2. The van der Waals surface area contributed by atoms with E-state index in [1.165, 1.54) is 22.5 Å². The molecule has 2 fully saturated rings. The monoisotopic (exact) mass is 497 g/mol. The quantitative estimate of drug-likeness (QED) is 0.434. The molecule has 0 radical (unpaired) electrons. The highest BCUT2D eigenvalue weighted by Crippen LogP contribution is 2.63. The third-order valence-electron chi connectivity index (χ3n) is 7.66. The minimum atomic E-state index is -3.77. The number of benzene rings is 1. The normalized spacial score (nSPS) is 24.9. The number of esters is 1. The number of fused-ring (bicyclic) bond motifs is 2. The number of carbonyl (C=O) groups is 2. The van der Waals surface area contributed by atoms with Crippen LogP contribution in [0.5, 0.6) is 0 Å². The second-order valence-corrected chi connectivity index (χ2v) is 11.7. The number of nitrogens with zero attached hydrogens (tertiary/aromatic N) is 2. The molecule has 2 atom stereocenters. The predicted molar refractivity (Wildman–Crippen MR) is 127 cm³/mol. The van der Waals surface area contributed by atoms with Crippen molar-refractivity contribution in [3.63, 3.8) is 0 Å². The van der Waals surface area contributed by atoms with Gasteiger partial charge in [-0.05, 0) is 48.8 Å². The molecule has 182 valence electrons. The molecule has 0 spiro atoms. The van der Waals surface area contributed by atoms with Crippen LogP contribution in [0.2, 0.25) is 5.02 Å². The van der Waals surface area contributed by atoms with Gasteiger partial charge in [-0.3, -0.25) is 4.79 Å². The smallest absolute Gasteiger partial charge is 0.340 e. The number of halogens is 1. The molecule has 10 heteroatoms. The van der Waals surface area contributed by atoms with E-state index in [9.17, 15) is 18.0 Å². The molecule has 1 amide bonds. The van der Waals surface area contributed by atoms with E-state index in [2.05, 4.69) is 31.3 Å². The standard InChI is InChI=1S/C23H32ClN3O5S/c1-6-27(7-2)33(30,31)16-8-9-18(24)17(13-16)21(29)32-14-20(28)26-25-19-12-15-10-11-23(19,5)22(15,3)4/h8-9,13,15H,6-7,10-12,14H2,1-5H3,(H,26,28)/b25-19+. The highest BCUT2D eigenvalue weighted by Gasteiger charge is 2.60. The summed E-state index contributed by atoms with van der Waals surface area (Å²) in [5.74, 6) is -0.895. The molecule has 3 rings (SSSR count). The summed E-state index contributed by atoms with van der Waals surface area (Å²) in [6, 6.07) is 3.85. The molecule has 2 bridgehead atoms. The molecule has 0 aliphatic heterocycles. The average Bonchev–Trinajstić information content (AvgIpc) is 3.10. The molecule has 0 saturated heterocycles. The number of carbonyl (C=O) groups excluding carboxylic acids is 2. The molecule has 2 saturated carbocycles. The van der Waals surface area contributed by atoms with E-state index in [4.69, 9.17) is 16.3 Å². The van der Waals surface area contributed by atoms with Gasteiger partial charge in [0.25, 0.3) is 5.91 Å². The van der Waals surface area contributed by atoms with Crippen molar-refractivity contribution in [1.29, 1.82) is 0 Å². The SMILES string of the molecule is CCN(CC)S(=O)(=O)c1ccc(Cl)c(C(=O)OCC(=O)N/N=C2\CC3CCC2(C)C3(C)C)c1. The van der Waals surface area contributed by atoms with Gasteiger partial charge in [0.15, 0.2) is 6.61 Å². The zero-order valence-corrected chi connectivity index (χ0v) is 21.3. The Labute approximate surface area is 200 Å². The minimum absolute atomic E-state index is 0.0382. The maximum absolute atomic E-state index is 12.7. The number of nitrogens with one attached hydrogen (secondary N) is 1. The van der Waals surface area contributed by atoms with Crippen LogP contribution in [0.1, 0.15) is 64.2 Å². The van der Waals surface area contributed by atoms with Crippen molar-refractivity contribution in [3.8, 4) is 0 Å². The maximum Gasteiger partial charge on any atom is 0.340 e. The molecular formula is C23H32ClN3O5S. The largest absolute Gasteiger partial charge is 0.452 e. The lowest BCUT2D eigenvalue weighted by molar-refractivity contribution is -0.124. The number of rotatable bonds is 8. The lowest BCUT2D eigenvalue weighted by atomic mass is 9.70. The van der Waals surface area contributed by atoms with Crippen LogP contribution in [-0.4, -0.2) is 50.0 Å². The maximum atomic E-state index is 12.7. The van der Waals surface area contributed by atoms with E-state index in [0.717, 1.165) is 25.0 Å². The van der Waals surface area contributed by atoms with Crippen molar-refractivity contribution < 1.29 is 22.7 Å². The average molecular weight is 498 g/mol. The summed E-state index contributed by atoms with van der Waals surface area (Å²) >= 11 is 6.10. The van der Waals surface area contributed by atoms with E-state index in [1.807, 2.05) is 0 Å².